The normalized spacial score (nSPS) is 16.2. The summed E-state index contributed by atoms with van der Waals surface area (Å²) in [5, 5.41) is 10.4. The van der Waals surface area contributed by atoms with Gasteiger partial charge in [0.1, 0.15) is 12.3 Å². The lowest BCUT2D eigenvalue weighted by atomic mass is 9.99. The van der Waals surface area contributed by atoms with Gasteiger partial charge in [0.15, 0.2) is 4.90 Å². The van der Waals surface area contributed by atoms with Gasteiger partial charge in [-0.2, -0.15) is 0 Å². The van der Waals surface area contributed by atoms with Crippen molar-refractivity contribution >= 4 is 28.0 Å². The number of hydrogen-bond acceptors (Lipinski definition) is 2. The molecule has 0 amide bonds. The van der Waals surface area contributed by atoms with Crippen LogP contribution < -0.4 is 0 Å². The van der Waals surface area contributed by atoms with Gasteiger partial charge in [-0.15, -0.1) is 0 Å². The summed E-state index contributed by atoms with van der Waals surface area (Å²) in [4.78, 5) is 12.3. The molecule has 2 heterocycles. The first-order valence-electron chi connectivity index (χ1n) is 8.74. The van der Waals surface area contributed by atoms with E-state index in [1.54, 1.807) is 0 Å². The Kier molecular flexibility index (Phi) is 4.29. The first-order chi connectivity index (χ1) is 12.4. The number of hydrogen-bond donors (Lipinski definition) is 1. The number of rotatable bonds is 4. The van der Waals surface area contributed by atoms with Gasteiger partial charge in [0.05, 0.1) is 0 Å². The largest absolute Gasteiger partial charge is 0.611 e. The van der Waals surface area contributed by atoms with E-state index >= 15 is 0 Å². The summed E-state index contributed by atoms with van der Waals surface area (Å²) in [6.07, 6.45) is 1.62. The highest BCUT2D eigenvalue weighted by molar-refractivity contribution is 7.91. The minimum atomic E-state index is -0.854. The molecule has 1 N–H and O–H groups in total. The average Bonchev–Trinajstić information content (AvgIpc) is 3.08. The molecule has 4 nitrogen and oxygen atoms in total. The zero-order chi connectivity index (χ0) is 18.4. The van der Waals surface area contributed by atoms with Crippen molar-refractivity contribution in [3.63, 3.8) is 0 Å². The first-order valence-corrected chi connectivity index (χ1v) is 10.1. The van der Waals surface area contributed by atoms with Crippen LogP contribution in [-0.4, -0.2) is 25.9 Å². The van der Waals surface area contributed by atoms with Crippen LogP contribution in [0.15, 0.2) is 41.3 Å². The summed E-state index contributed by atoms with van der Waals surface area (Å²) >= 11 is -0.854. The monoisotopic (exact) mass is 367 g/mol. The lowest BCUT2D eigenvalue weighted by molar-refractivity contribution is -0.137. The molecule has 26 heavy (non-hydrogen) atoms. The quantitative estimate of drug-likeness (QED) is 0.717. The summed E-state index contributed by atoms with van der Waals surface area (Å²) < 4.78 is 13.8. The van der Waals surface area contributed by atoms with Gasteiger partial charge in [0.2, 0.25) is 0 Å². The first kappa shape index (κ1) is 17.2. The van der Waals surface area contributed by atoms with Gasteiger partial charge >= 0.3 is 5.97 Å². The van der Waals surface area contributed by atoms with Crippen molar-refractivity contribution in [1.82, 2.24) is 4.57 Å². The highest BCUT2D eigenvalue weighted by atomic mass is 32.2. The molecule has 1 aromatic heterocycles. The zero-order valence-electron chi connectivity index (χ0n) is 14.9. The van der Waals surface area contributed by atoms with Crippen molar-refractivity contribution in [2.24, 2.45) is 0 Å². The highest BCUT2D eigenvalue weighted by Gasteiger charge is 2.25. The number of benzene rings is 2. The molecular formula is C21H21NO3S. The van der Waals surface area contributed by atoms with Crippen LogP contribution in [0.3, 0.4) is 0 Å². The van der Waals surface area contributed by atoms with E-state index in [1.807, 2.05) is 29.7 Å². The summed E-state index contributed by atoms with van der Waals surface area (Å²) in [5.41, 5.74) is 6.66. The Labute approximate surface area is 155 Å². The molecule has 0 bridgehead atoms. The Morgan fingerprint density at radius 3 is 2.81 bits per heavy atom. The van der Waals surface area contributed by atoms with Gasteiger partial charge in [-0.05, 0) is 60.8 Å². The lowest BCUT2D eigenvalue weighted by Gasteiger charge is -2.07. The SMILES string of the molecule is Cc1ccc2c(c1)c(Cc1ccc3c(c1)CC[S+]3[O-])c(C)n2CC(=O)O. The summed E-state index contributed by atoms with van der Waals surface area (Å²) in [6, 6.07) is 12.4. The molecule has 4 rings (SSSR count). The van der Waals surface area contributed by atoms with E-state index in [4.69, 9.17) is 0 Å². The van der Waals surface area contributed by atoms with Gasteiger partial charge in [-0.3, -0.25) is 4.79 Å². The molecule has 1 aliphatic rings. The second-order valence-corrected chi connectivity index (χ2v) is 8.52. The van der Waals surface area contributed by atoms with Crippen molar-refractivity contribution in [3.8, 4) is 0 Å². The molecule has 5 heteroatoms. The maximum atomic E-state index is 12.0. The van der Waals surface area contributed by atoms with Gasteiger partial charge in [-0.25, -0.2) is 0 Å². The number of aromatic nitrogens is 1. The molecule has 1 aliphatic heterocycles. The molecule has 0 saturated carbocycles. The second-order valence-electron chi connectivity index (χ2n) is 6.98. The molecule has 3 aromatic rings. The van der Waals surface area contributed by atoms with E-state index in [1.165, 1.54) is 16.7 Å². The molecule has 1 atom stereocenters. The number of aryl methyl sites for hydroxylation is 2. The molecule has 0 aliphatic carbocycles. The van der Waals surface area contributed by atoms with Crippen molar-refractivity contribution in [3.05, 3.63) is 64.3 Å². The molecule has 0 radical (unpaired) electrons. The van der Waals surface area contributed by atoms with Crippen molar-refractivity contribution in [1.29, 1.82) is 0 Å². The van der Waals surface area contributed by atoms with Gasteiger partial charge in [-0.1, -0.05) is 23.8 Å². The molecule has 0 spiro atoms. The number of fused-ring (bicyclic) bond motifs is 2. The summed E-state index contributed by atoms with van der Waals surface area (Å²) in [6.45, 7) is 4.02. The van der Waals surface area contributed by atoms with E-state index in [-0.39, 0.29) is 6.54 Å². The smallest absolute Gasteiger partial charge is 0.323 e. The Balaban J connectivity index is 1.80. The lowest BCUT2D eigenvalue weighted by Crippen LogP contribution is -2.10. The fourth-order valence-electron chi connectivity index (χ4n) is 3.90. The maximum absolute atomic E-state index is 12.0. The number of nitrogens with zero attached hydrogens (tertiary/aromatic N) is 1. The van der Waals surface area contributed by atoms with Gasteiger partial charge in [0.25, 0.3) is 0 Å². The van der Waals surface area contributed by atoms with E-state index < -0.39 is 17.1 Å². The van der Waals surface area contributed by atoms with Crippen LogP contribution in [-0.2, 0) is 35.4 Å². The number of carbonyl (C=O) groups is 1. The summed E-state index contributed by atoms with van der Waals surface area (Å²) in [7, 11) is 0. The van der Waals surface area contributed by atoms with Crippen molar-refractivity contribution in [2.45, 2.75) is 38.1 Å². The Morgan fingerprint density at radius 2 is 2.04 bits per heavy atom. The van der Waals surface area contributed by atoms with E-state index in [0.29, 0.717) is 0 Å². The van der Waals surface area contributed by atoms with Crippen LogP contribution in [0.1, 0.15) is 27.9 Å². The van der Waals surface area contributed by atoms with Crippen LogP contribution in [0.2, 0.25) is 0 Å². The average molecular weight is 367 g/mol. The summed E-state index contributed by atoms with van der Waals surface area (Å²) in [5.74, 6) is -0.119. The minimum absolute atomic E-state index is 0.0332. The van der Waals surface area contributed by atoms with E-state index in [0.717, 1.165) is 45.7 Å². The predicted molar refractivity (Wildman–Crippen MR) is 103 cm³/mol. The standard InChI is InChI=1S/C21H21NO3S/c1-13-3-5-19-18(9-13)17(14(2)22(19)12-21(23)24)11-15-4-6-20-16(10-15)7-8-26(20)25/h3-6,9-10H,7-8,11-12H2,1-2H3,(H,23,24). The fourth-order valence-corrected chi connectivity index (χ4v) is 5.20. The number of carboxylic acids is 1. The van der Waals surface area contributed by atoms with Crippen LogP contribution >= 0.6 is 0 Å². The molecule has 0 fully saturated rings. The predicted octanol–water partition coefficient (Wildman–Crippen LogP) is 3.60. The van der Waals surface area contributed by atoms with Crippen molar-refractivity contribution < 1.29 is 14.5 Å². The van der Waals surface area contributed by atoms with Crippen LogP contribution in [0.25, 0.3) is 10.9 Å². The van der Waals surface area contributed by atoms with E-state index in [2.05, 4.69) is 25.1 Å². The van der Waals surface area contributed by atoms with Crippen LogP contribution in [0.4, 0.5) is 0 Å². The van der Waals surface area contributed by atoms with E-state index in [9.17, 15) is 14.5 Å². The Hall–Kier alpha value is -2.24. The molecule has 134 valence electrons. The molecular weight excluding hydrogens is 346 g/mol. The number of aliphatic carboxylic acids is 1. The minimum Gasteiger partial charge on any atom is -0.611 e. The molecule has 0 saturated heterocycles. The zero-order valence-corrected chi connectivity index (χ0v) is 15.7. The fraction of sp³-hybridized carbons (Fsp3) is 0.286. The highest BCUT2D eigenvalue weighted by Crippen LogP contribution is 2.31. The third-order valence-electron chi connectivity index (χ3n) is 5.21. The third-order valence-corrected chi connectivity index (χ3v) is 6.67. The molecule has 1 unspecified atom stereocenters. The Bertz CT molecular complexity index is 1020. The van der Waals surface area contributed by atoms with Crippen LogP contribution in [0, 0.1) is 13.8 Å². The maximum Gasteiger partial charge on any atom is 0.323 e. The molecule has 2 aromatic carbocycles. The Morgan fingerprint density at radius 1 is 1.23 bits per heavy atom. The second kappa shape index (κ2) is 6.49. The topological polar surface area (TPSA) is 65.3 Å². The van der Waals surface area contributed by atoms with Crippen molar-refractivity contribution in [2.75, 3.05) is 5.75 Å². The number of carboxylic acid groups (broad SMARTS) is 1. The van der Waals surface area contributed by atoms with Gasteiger partial charge < -0.3 is 14.2 Å². The van der Waals surface area contributed by atoms with Gasteiger partial charge in [0, 0.05) is 28.6 Å². The third kappa shape index (κ3) is 2.91. The van der Waals surface area contributed by atoms with Crippen LogP contribution in [0.5, 0.6) is 0 Å².